The van der Waals surface area contributed by atoms with Crippen LogP contribution in [0.4, 0.5) is 23.2 Å². The first-order valence-electron chi connectivity index (χ1n) is 7.61. The molecule has 10 heteroatoms. The number of anilines is 1. The minimum absolute atomic E-state index is 0.0763. The van der Waals surface area contributed by atoms with Gasteiger partial charge in [0.15, 0.2) is 5.11 Å². The minimum atomic E-state index is -4.52. The molecule has 0 aliphatic heterocycles. The minimum Gasteiger partial charge on any atom is -0.366 e. The largest absolute Gasteiger partial charge is 0.416 e. The second-order valence-corrected chi connectivity index (χ2v) is 6.86. The van der Waals surface area contributed by atoms with Crippen molar-refractivity contribution in [2.45, 2.75) is 11.1 Å². The Morgan fingerprint density at radius 2 is 1.81 bits per heavy atom. The van der Waals surface area contributed by atoms with Crippen molar-refractivity contribution in [3.8, 4) is 0 Å². The van der Waals surface area contributed by atoms with E-state index < -0.39 is 23.5 Å². The molecule has 27 heavy (non-hydrogen) atoms. The zero-order chi connectivity index (χ0) is 20.0. The average Bonchev–Trinajstić information content (AvgIpc) is 2.59. The van der Waals surface area contributed by atoms with Crippen LogP contribution in [0.1, 0.15) is 15.9 Å². The van der Waals surface area contributed by atoms with Crippen molar-refractivity contribution in [2.24, 2.45) is 5.73 Å². The molecular formula is C17H15F4N3OS2. The molecule has 0 saturated carbocycles. The standard InChI is InChI=1S/C17H15F4N3OS2/c18-13-6-3-11(17(19,20)21)9-14(13)27-8-7-23-16(26)24-12-4-1-10(2-5-12)15(22)25/h1-6,9H,7-8H2,(H2,22,25)(H2,23,24,26). The van der Waals surface area contributed by atoms with Crippen molar-refractivity contribution in [1.29, 1.82) is 0 Å². The van der Waals surface area contributed by atoms with Crippen LogP contribution in [0, 0.1) is 5.82 Å². The number of thioether (sulfide) groups is 1. The van der Waals surface area contributed by atoms with E-state index in [1.807, 2.05) is 0 Å². The Hall–Kier alpha value is -2.33. The summed E-state index contributed by atoms with van der Waals surface area (Å²) in [4.78, 5) is 10.9. The highest BCUT2D eigenvalue weighted by Gasteiger charge is 2.31. The van der Waals surface area contributed by atoms with Crippen molar-refractivity contribution in [1.82, 2.24) is 5.32 Å². The Morgan fingerprint density at radius 3 is 2.41 bits per heavy atom. The fraction of sp³-hybridized carbons (Fsp3) is 0.176. The number of hydrogen-bond donors (Lipinski definition) is 3. The summed E-state index contributed by atoms with van der Waals surface area (Å²) in [5, 5.41) is 6.03. The third kappa shape index (κ3) is 6.40. The molecule has 144 valence electrons. The van der Waals surface area contributed by atoms with E-state index in [0.717, 1.165) is 23.9 Å². The van der Waals surface area contributed by atoms with Crippen LogP contribution in [0.3, 0.4) is 0 Å². The Labute approximate surface area is 162 Å². The molecule has 4 nitrogen and oxygen atoms in total. The maximum absolute atomic E-state index is 13.6. The summed E-state index contributed by atoms with van der Waals surface area (Å²) in [7, 11) is 0. The van der Waals surface area contributed by atoms with Crippen molar-refractivity contribution < 1.29 is 22.4 Å². The van der Waals surface area contributed by atoms with Crippen molar-refractivity contribution in [3.05, 3.63) is 59.4 Å². The number of nitrogens with two attached hydrogens (primary N) is 1. The first-order valence-corrected chi connectivity index (χ1v) is 9.00. The van der Waals surface area contributed by atoms with Crippen LogP contribution in [0.2, 0.25) is 0 Å². The van der Waals surface area contributed by atoms with Crippen LogP contribution in [0.15, 0.2) is 47.4 Å². The molecule has 2 rings (SSSR count). The third-order valence-electron chi connectivity index (χ3n) is 3.33. The number of thiocarbonyl (C=S) groups is 1. The van der Waals surface area contributed by atoms with Crippen LogP contribution in [0.5, 0.6) is 0 Å². The molecule has 0 heterocycles. The fourth-order valence-electron chi connectivity index (χ4n) is 2.01. The molecule has 0 aliphatic carbocycles. The fourth-order valence-corrected chi connectivity index (χ4v) is 3.07. The zero-order valence-electron chi connectivity index (χ0n) is 13.8. The highest BCUT2D eigenvalue weighted by Crippen LogP contribution is 2.33. The predicted molar refractivity (Wildman–Crippen MR) is 101 cm³/mol. The van der Waals surface area contributed by atoms with Crippen molar-refractivity contribution in [3.63, 3.8) is 0 Å². The van der Waals surface area contributed by atoms with E-state index in [0.29, 0.717) is 29.6 Å². The van der Waals surface area contributed by atoms with E-state index in [1.54, 1.807) is 24.3 Å². The summed E-state index contributed by atoms with van der Waals surface area (Å²) in [5.74, 6) is -0.940. The highest BCUT2D eigenvalue weighted by atomic mass is 32.2. The van der Waals surface area contributed by atoms with Crippen LogP contribution in [-0.2, 0) is 6.18 Å². The lowest BCUT2D eigenvalue weighted by atomic mass is 10.2. The van der Waals surface area contributed by atoms with Gasteiger partial charge in [-0.2, -0.15) is 13.2 Å². The van der Waals surface area contributed by atoms with E-state index in [4.69, 9.17) is 18.0 Å². The van der Waals surface area contributed by atoms with E-state index in [-0.39, 0.29) is 10.0 Å². The molecule has 0 saturated heterocycles. The first kappa shape index (κ1) is 21.0. The summed E-state index contributed by atoms with van der Waals surface area (Å²) in [6.07, 6.45) is -4.52. The van der Waals surface area contributed by atoms with Gasteiger partial charge in [0, 0.05) is 28.4 Å². The number of rotatable bonds is 6. The summed E-state index contributed by atoms with van der Waals surface area (Å²) < 4.78 is 51.7. The van der Waals surface area contributed by atoms with E-state index in [1.165, 1.54) is 0 Å². The Bertz CT molecular complexity index is 826. The number of carbonyl (C=O) groups is 1. The van der Waals surface area contributed by atoms with Gasteiger partial charge in [-0.3, -0.25) is 4.79 Å². The number of amides is 1. The summed E-state index contributed by atoms with van der Waals surface area (Å²) in [6.45, 7) is 0.311. The number of primary amides is 1. The van der Waals surface area contributed by atoms with Crippen LogP contribution in [-0.4, -0.2) is 23.3 Å². The molecule has 1 amide bonds. The molecular weight excluding hydrogens is 402 g/mol. The molecule has 2 aromatic rings. The molecule has 0 bridgehead atoms. The van der Waals surface area contributed by atoms with Gasteiger partial charge in [0.2, 0.25) is 5.91 Å². The molecule has 4 N–H and O–H groups in total. The van der Waals surface area contributed by atoms with Gasteiger partial charge in [0.1, 0.15) is 5.82 Å². The molecule has 0 atom stereocenters. The SMILES string of the molecule is NC(=O)c1ccc(NC(=S)NCCSc2cc(C(F)(F)F)ccc2F)cc1. The number of nitrogens with one attached hydrogen (secondary N) is 2. The maximum atomic E-state index is 13.6. The van der Waals surface area contributed by atoms with Gasteiger partial charge < -0.3 is 16.4 Å². The van der Waals surface area contributed by atoms with Gasteiger partial charge in [0.25, 0.3) is 0 Å². The molecule has 0 fully saturated rings. The smallest absolute Gasteiger partial charge is 0.366 e. The second-order valence-electron chi connectivity index (χ2n) is 5.31. The van der Waals surface area contributed by atoms with Crippen LogP contribution >= 0.6 is 24.0 Å². The van der Waals surface area contributed by atoms with Crippen LogP contribution < -0.4 is 16.4 Å². The Balaban J connectivity index is 1.81. The van der Waals surface area contributed by atoms with Gasteiger partial charge in [-0.25, -0.2) is 4.39 Å². The lowest BCUT2D eigenvalue weighted by Crippen LogP contribution is -2.30. The maximum Gasteiger partial charge on any atom is 0.416 e. The number of hydrogen-bond acceptors (Lipinski definition) is 3. The zero-order valence-corrected chi connectivity index (χ0v) is 15.4. The van der Waals surface area contributed by atoms with Gasteiger partial charge in [-0.15, -0.1) is 11.8 Å². The van der Waals surface area contributed by atoms with Gasteiger partial charge in [0.05, 0.1) is 5.56 Å². The molecule has 2 aromatic carbocycles. The van der Waals surface area contributed by atoms with Gasteiger partial charge in [-0.05, 0) is 54.7 Å². The lowest BCUT2D eigenvalue weighted by Gasteiger charge is -2.12. The lowest BCUT2D eigenvalue weighted by molar-refractivity contribution is -0.137. The van der Waals surface area contributed by atoms with Crippen molar-refractivity contribution >= 4 is 40.7 Å². The quantitative estimate of drug-likeness (QED) is 0.287. The van der Waals surface area contributed by atoms with E-state index in [2.05, 4.69) is 10.6 Å². The second kappa shape index (κ2) is 9.05. The first-order chi connectivity index (χ1) is 12.7. The average molecular weight is 417 g/mol. The monoisotopic (exact) mass is 417 g/mol. The van der Waals surface area contributed by atoms with Gasteiger partial charge >= 0.3 is 6.18 Å². The summed E-state index contributed by atoms with van der Waals surface area (Å²) in [5.41, 5.74) is 5.25. The highest BCUT2D eigenvalue weighted by molar-refractivity contribution is 7.99. The number of halogens is 4. The topological polar surface area (TPSA) is 67.2 Å². The summed E-state index contributed by atoms with van der Waals surface area (Å²) >= 11 is 6.05. The number of benzene rings is 2. The van der Waals surface area contributed by atoms with Gasteiger partial charge in [-0.1, -0.05) is 0 Å². The molecule has 0 radical (unpaired) electrons. The van der Waals surface area contributed by atoms with Crippen molar-refractivity contribution in [2.75, 3.05) is 17.6 Å². The number of carbonyl (C=O) groups excluding carboxylic acids is 1. The van der Waals surface area contributed by atoms with E-state index in [9.17, 15) is 22.4 Å². The normalized spacial score (nSPS) is 11.1. The molecule has 0 aliphatic rings. The predicted octanol–water partition coefficient (Wildman–Crippen LogP) is 4.02. The Kier molecular flexibility index (Phi) is 7.03. The van der Waals surface area contributed by atoms with Crippen LogP contribution in [0.25, 0.3) is 0 Å². The molecule has 0 unspecified atom stereocenters. The molecule has 0 spiro atoms. The Morgan fingerprint density at radius 1 is 1.15 bits per heavy atom. The third-order valence-corrected chi connectivity index (χ3v) is 4.61. The van der Waals surface area contributed by atoms with E-state index >= 15 is 0 Å². The number of alkyl halides is 3. The summed E-state index contributed by atoms with van der Waals surface area (Å²) in [6, 6.07) is 8.64. The molecule has 0 aromatic heterocycles.